The van der Waals surface area contributed by atoms with E-state index >= 15 is 0 Å². The van der Waals surface area contributed by atoms with Gasteiger partial charge in [-0.15, -0.1) is 0 Å². The third kappa shape index (κ3) is 1.37. The van der Waals surface area contributed by atoms with E-state index in [1.54, 1.807) is 0 Å². The van der Waals surface area contributed by atoms with E-state index in [-0.39, 0.29) is 22.4 Å². The van der Waals surface area contributed by atoms with Crippen LogP contribution < -0.4 is 0 Å². The van der Waals surface area contributed by atoms with E-state index in [0.29, 0.717) is 0 Å². The first-order valence-corrected chi connectivity index (χ1v) is 3.85. The largest absolute Gasteiger partial charge is 0.354 e. The van der Waals surface area contributed by atoms with Crippen LogP contribution in [0.15, 0.2) is 18.5 Å². The molecule has 0 fully saturated rings. The second kappa shape index (κ2) is 3.01. The fraction of sp³-hybridized carbons (Fsp3) is 0. The summed E-state index contributed by atoms with van der Waals surface area (Å²) in [7, 11) is 0. The van der Waals surface area contributed by atoms with Gasteiger partial charge in [0.05, 0.1) is 21.6 Å². The highest BCUT2D eigenvalue weighted by atomic mass is 16.6. The lowest BCUT2D eigenvalue weighted by Crippen LogP contribution is -1.90. The number of hydrogen-bond acceptors (Lipinski definition) is 5. The Hall–Kier alpha value is -2.51. The standard InChI is InChI=1S/C7H4N4O4/c12-10(13)4-1-5-7(9-2-4)6(3-8-5)11(14)15/h1-3,8H. The molecule has 0 aliphatic heterocycles. The zero-order valence-electron chi connectivity index (χ0n) is 7.21. The molecule has 8 nitrogen and oxygen atoms in total. The average Bonchev–Trinajstić information content (AvgIpc) is 2.59. The smallest absolute Gasteiger partial charge is 0.312 e. The number of aromatic nitrogens is 2. The summed E-state index contributed by atoms with van der Waals surface area (Å²) in [5.74, 6) is 0. The second-order valence-electron chi connectivity index (χ2n) is 2.78. The van der Waals surface area contributed by atoms with Gasteiger partial charge in [0.2, 0.25) is 0 Å². The second-order valence-corrected chi connectivity index (χ2v) is 2.78. The summed E-state index contributed by atoms with van der Waals surface area (Å²) in [5.41, 5.74) is -0.0133. The first-order chi connectivity index (χ1) is 7.09. The van der Waals surface area contributed by atoms with Crippen LogP contribution in [0.4, 0.5) is 11.4 Å². The minimum atomic E-state index is -0.612. The van der Waals surface area contributed by atoms with Crippen LogP contribution in [0.5, 0.6) is 0 Å². The van der Waals surface area contributed by atoms with E-state index in [4.69, 9.17) is 0 Å². The molecule has 76 valence electrons. The molecule has 0 aliphatic carbocycles. The van der Waals surface area contributed by atoms with Gasteiger partial charge in [0.25, 0.3) is 5.69 Å². The lowest BCUT2D eigenvalue weighted by Gasteiger charge is -1.90. The van der Waals surface area contributed by atoms with Crippen LogP contribution in [0.3, 0.4) is 0 Å². The molecule has 2 aromatic rings. The number of H-pyrrole nitrogens is 1. The molecule has 8 heteroatoms. The van der Waals surface area contributed by atoms with Crippen molar-refractivity contribution in [1.29, 1.82) is 0 Å². The summed E-state index contributed by atoms with van der Waals surface area (Å²) in [6, 6.07) is 1.20. The van der Waals surface area contributed by atoms with Crippen LogP contribution in [-0.4, -0.2) is 19.8 Å². The molecule has 0 unspecified atom stereocenters. The maximum atomic E-state index is 10.5. The molecule has 1 N–H and O–H groups in total. The van der Waals surface area contributed by atoms with E-state index in [2.05, 4.69) is 9.97 Å². The molecule has 2 aromatic heterocycles. The Kier molecular flexibility index (Phi) is 1.82. The Morgan fingerprint density at radius 2 is 2.00 bits per heavy atom. The maximum absolute atomic E-state index is 10.5. The van der Waals surface area contributed by atoms with Crippen LogP contribution in [-0.2, 0) is 0 Å². The third-order valence-electron chi connectivity index (χ3n) is 1.89. The average molecular weight is 208 g/mol. The third-order valence-corrected chi connectivity index (χ3v) is 1.89. The number of pyridine rings is 1. The van der Waals surface area contributed by atoms with Crippen molar-refractivity contribution in [2.75, 3.05) is 0 Å². The summed E-state index contributed by atoms with van der Waals surface area (Å²) in [6.07, 6.45) is 2.14. The van der Waals surface area contributed by atoms with Gasteiger partial charge in [0, 0.05) is 6.07 Å². The van der Waals surface area contributed by atoms with E-state index in [9.17, 15) is 20.2 Å². The van der Waals surface area contributed by atoms with Gasteiger partial charge in [-0.25, -0.2) is 4.98 Å². The van der Waals surface area contributed by atoms with Crippen molar-refractivity contribution in [1.82, 2.24) is 9.97 Å². The molecular formula is C7H4N4O4. The molecule has 0 amide bonds. The Bertz CT molecular complexity index is 561. The lowest BCUT2D eigenvalue weighted by molar-refractivity contribution is -0.385. The molecule has 15 heavy (non-hydrogen) atoms. The van der Waals surface area contributed by atoms with Gasteiger partial charge in [-0.1, -0.05) is 0 Å². The minimum absolute atomic E-state index is 0.116. The molecular weight excluding hydrogens is 204 g/mol. The SMILES string of the molecule is O=[N+]([O-])c1cnc2c([N+](=O)[O-])c[nH]c2c1. The molecule has 0 aliphatic rings. The van der Waals surface area contributed by atoms with Gasteiger partial charge in [0.1, 0.15) is 6.20 Å². The molecule has 2 rings (SSSR count). The highest BCUT2D eigenvalue weighted by Crippen LogP contribution is 2.25. The van der Waals surface area contributed by atoms with Crippen LogP contribution in [0.25, 0.3) is 11.0 Å². The number of nitrogens with one attached hydrogen (secondary N) is 1. The highest BCUT2D eigenvalue weighted by Gasteiger charge is 2.17. The topological polar surface area (TPSA) is 115 Å². The van der Waals surface area contributed by atoms with Gasteiger partial charge in [0.15, 0.2) is 5.52 Å². The van der Waals surface area contributed by atoms with Crippen molar-refractivity contribution in [2.45, 2.75) is 0 Å². The number of nitrogens with zero attached hydrogens (tertiary/aromatic N) is 3. The minimum Gasteiger partial charge on any atom is -0.354 e. The zero-order valence-corrected chi connectivity index (χ0v) is 7.21. The van der Waals surface area contributed by atoms with Gasteiger partial charge < -0.3 is 4.98 Å². The van der Waals surface area contributed by atoms with Crippen LogP contribution >= 0.6 is 0 Å². The summed E-state index contributed by atoms with van der Waals surface area (Å²) < 4.78 is 0. The number of nitro groups is 2. The molecule has 0 spiro atoms. The Labute approximate surface area is 81.8 Å². The first-order valence-electron chi connectivity index (χ1n) is 3.85. The van der Waals surface area contributed by atoms with Crippen molar-refractivity contribution in [3.63, 3.8) is 0 Å². The van der Waals surface area contributed by atoms with Gasteiger partial charge >= 0.3 is 5.69 Å². The van der Waals surface area contributed by atoms with Gasteiger partial charge in [-0.05, 0) is 0 Å². The van der Waals surface area contributed by atoms with Crippen LogP contribution in [0, 0.1) is 20.2 Å². The number of rotatable bonds is 2. The molecule has 0 radical (unpaired) electrons. The highest BCUT2D eigenvalue weighted by molar-refractivity contribution is 5.85. The van der Waals surface area contributed by atoms with Crippen molar-refractivity contribution in [3.8, 4) is 0 Å². The summed E-state index contributed by atoms with van der Waals surface area (Å²) in [6.45, 7) is 0. The molecule has 0 aromatic carbocycles. The maximum Gasteiger partial charge on any atom is 0.312 e. The predicted octanol–water partition coefficient (Wildman–Crippen LogP) is 1.38. The fourth-order valence-electron chi connectivity index (χ4n) is 1.22. The van der Waals surface area contributed by atoms with E-state index in [0.717, 1.165) is 12.4 Å². The monoisotopic (exact) mass is 208 g/mol. The Morgan fingerprint density at radius 3 is 2.60 bits per heavy atom. The number of hydrogen-bond donors (Lipinski definition) is 1. The summed E-state index contributed by atoms with van der Waals surface area (Å²) >= 11 is 0. The molecule has 0 saturated heterocycles. The zero-order chi connectivity index (χ0) is 11.0. The number of aromatic amines is 1. The van der Waals surface area contributed by atoms with E-state index < -0.39 is 9.85 Å². The Morgan fingerprint density at radius 1 is 1.27 bits per heavy atom. The van der Waals surface area contributed by atoms with E-state index in [1.165, 1.54) is 6.07 Å². The summed E-state index contributed by atoms with van der Waals surface area (Å²) in [4.78, 5) is 25.9. The predicted molar refractivity (Wildman–Crippen MR) is 49.4 cm³/mol. The van der Waals surface area contributed by atoms with Gasteiger partial charge in [-0.3, -0.25) is 20.2 Å². The van der Waals surface area contributed by atoms with Crippen molar-refractivity contribution >= 4 is 22.4 Å². The molecule has 0 atom stereocenters. The molecule has 0 saturated carbocycles. The first kappa shape index (κ1) is 9.06. The quantitative estimate of drug-likeness (QED) is 0.591. The molecule has 2 heterocycles. The van der Waals surface area contributed by atoms with Crippen LogP contribution in [0.1, 0.15) is 0 Å². The van der Waals surface area contributed by atoms with Crippen molar-refractivity contribution in [3.05, 3.63) is 38.7 Å². The van der Waals surface area contributed by atoms with Gasteiger partial charge in [-0.2, -0.15) is 0 Å². The fourth-order valence-corrected chi connectivity index (χ4v) is 1.22. The lowest BCUT2D eigenvalue weighted by atomic mass is 10.3. The summed E-state index contributed by atoms with van der Waals surface area (Å²) in [5, 5.41) is 20.9. The van der Waals surface area contributed by atoms with Crippen LogP contribution in [0.2, 0.25) is 0 Å². The Balaban J connectivity index is 2.66. The number of fused-ring (bicyclic) bond motifs is 1. The molecule has 0 bridgehead atoms. The normalized spacial score (nSPS) is 10.4. The van der Waals surface area contributed by atoms with E-state index in [1.807, 2.05) is 0 Å². The van der Waals surface area contributed by atoms with Crippen molar-refractivity contribution in [2.24, 2.45) is 0 Å². The van der Waals surface area contributed by atoms with Crippen molar-refractivity contribution < 1.29 is 9.85 Å².